The highest BCUT2D eigenvalue weighted by Crippen LogP contribution is 2.30. The minimum Gasteiger partial charge on any atom is -0.448 e. The predicted octanol–water partition coefficient (Wildman–Crippen LogP) is 3.71. The molecule has 0 saturated heterocycles. The normalized spacial score (nSPS) is 16.6. The molecule has 0 aromatic heterocycles. The van der Waals surface area contributed by atoms with Gasteiger partial charge in [0.15, 0.2) is 6.10 Å². The fourth-order valence-electron chi connectivity index (χ4n) is 2.29. The molecule has 0 radical (unpaired) electrons. The molecule has 0 bridgehead atoms. The molecular weight excluding hydrogens is 325 g/mol. The lowest BCUT2D eigenvalue weighted by Gasteiger charge is -2.24. The molecule has 1 unspecified atom stereocenters. The molecule has 1 aliphatic rings. The number of hydrogen-bond donors (Lipinski definition) is 1. The van der Waals surface area contributed by atoms with Crippen LogP contribution >= 0.6 is 23.2 Å². The number of rotatable bonds is 2. The van der Waals surface area contributed by atoms with Crippen LogP contribution < -0.4 is 5.32 Å². The van der Waals surface area contributed by atoms with Crippen molar-refractivity contribution in [3.8, 4) is 0 Å². The number of cyclic esters (lactones) is 1. The molecule has 6 heteroatoms. The number of hydrogen-bond acceptors (Lipinski definition) is 3. The number of carbonyl (C=O) groups is 2. The van der Waals surface area contributed by atoms with Crippen LogP contribution in [0.2, 0.25) is 10.0 Å². The molecule has 0 spiro atoms. The molecule has 112 valence electrons. The van der Waals surface area contributed by atoms with E-state index in [0.717, 1.165) is 5.56 Å². The van der Waals surface area contributed by atoms with E-state index in [1.54, 1.807) is 30.3 Å². The number of anilines is 1. The van der Waals surface area contributed by atoms with Gasteiger partial charge in [-0.25, -0.2) is 4.79 Å². The molecule has 1 aliphatic heterocycles. The van der Waals surface area contributed by atoms with E-state index >= 15 is 0 Å². The van der Waals surface area contributed by atoms with Crippen molar-refractivity contribution < 1.29 is 14.3 Å². The summed E-state index contributed by atoms with van der Waals surface area (Å²) in [5.74, 6) is -0.939. The summed E-state index contributed by atoms with van der Waals surface area (Å²) in [6, 6.07) is 12.0. The third-order valence-electron chi connectivity index (χ3n) is 3.39. The van der Waals surface area contributed by atoms with E-state index in [4.69, 9.17) is 27.9 Å². The maximum atomic E-state index is 12.3. The zero-order chi connectivity index (χ0) is 15.7. The van der Waals surface area contributed by atoms with E-state index in [2.05, 4.69) is 5.32 Å². The largest absolute Gasteiger partial charge is 0.448 e. The standard InChI is InChI=1S/C16H11Cl2NO3/c17-11-6-3-7-12(14(11)18)19-15(20)13-8-9-4-1-2-5-10(9)16(21)22-13/h1-7,13H,8H2,(H,19,20). The molecule has 2 aromatic rings. The molecule has 0 aliphatic carbocycles. The lowest BCUT2D eigenvalue weighted by atomic mass is 9.98. The van der Waals surface area contributed by atoms with Crippen molar-refractivity contribution in [3.05, 3.63) is 63.6 Å². The quantitative estimate of drug-likeness (QED) is 0.851. The van der Waals surface area contributed by atoms with Crippen molar-refractivity contribution in [2.24, 2.45) is 0 Å². The summed E-state index contributed by atoms with van der Waals surface area (Å²) in [6.07, 6.45) is -0.566. The Balaban J connectivity index is 1.80. The maximum Gasteiger partial charge on any atom is 0.339 e. The van der Waals surface area contributed by atoms with Crippen LogP contribution in [0, 0.1) is 0 Å². The van der Waals surface area contributed by atoms with Crippen molar-refractivity contribution in [1.82, 2.24) is 0 Å². The fourth-order valence-corrected chi connectivity index (χ4v) is 2.64. The minimum absolute atomic E-state index is 0.250. The first-order chi connectivity index (χ1) is 10.6. The molecule has 22 heavy (non-hydrogen) atoms. The Kier molecular flexibility index (Phi) is 4.05. The summed E-state index contributed by atoms with van der Waals surface area (Å²) in [7, 11) is 0. The minimum atomic E-state index is -0.891. The SMILES string of the molecule is O=C1OC(C(=O)Nc2cccc(Cl)c2Cl)Cc2ccccc21. The maximum absolute atomic E-state index is 12.3. The Bertz CT molecular complexity index is 761. The Hall–Kier alpha value is -2.04. The third-order valence-corrected chi connectivity index (χ3v) is 4.21. The summed E-state index contributed by atoms with van der Waals surface area (Å²) >= 11 is 11.9. The van der Waals surface area contributed by atoms with Gasteiger partial charge >= 0.3 is 5.97 Å². The van der Waals surface area contributed by atoms with Crippen LogP contribution in [0.3, 0.4) is 0 Å². The molecule has 1 heterocycles. The average Bonchev–Trinajstić information content (AvgIpc) is 2.52. The van der Waals surface area contributed by atoms with Crippen LogP contribution in [0.4, 0.5) is 5.69 Å². The number of carbonyl (C=O) groups excluding carboxylic acids is 2. The van der Waals surface area contributed by atoms with Gasteiger partial charge in [-0.2, -0.15) is 0 Å². The van der Waals surface area contributed by atoms with E-state index in [9.17, 15) is 9.59 Å². The van der Waals surface area contributed by atoms with Gasteiger partial charge in [-0.05, 0) is 23.8 Å². The van der Waals surface area contributed by atoms with Gasteiger partial charge in [-0.15, -0.1) is 0 Å². The molecule has 0 fully saturated rings. The van der Waals surface area contributed by atoms with Crippen molar-refractivity contribution in [1.29, 1.82) is 0 Å². The molecule has 3 rings (SSSR count). The van der Waals surface area contributed by atoms with Crippen molar-refractivity contribution in [2.45, 2.75) is 12.5 Å². The fraction of sp³-hybridized carbons (Fsp3) is 0.125. The Morgan fingerprint density at radius 3 is 2.73 bits per heavy atom. The second-order valence-corrected chi connectivity index (χ2v) is 5.63. The van der Waals surface area contributed by atoms with Crippen molar-refractivity contribution in [3.63, 3.8) is 0 Å². The molecule has 1 N–H and O–H groups in total. The number of esters is 1. The lowest BCUT2D eigenvalue weighted by molar-refractivity contribution is -0.125. The number of ether oxygens (including phenoxy) is 1. The molecule has 0 saturated carbocycles. The number of nitrogens with one attached hydrogen (secondary N) is 1. The second-order valence-electron chi connectivity index (χ2n) is 4.85. The number of amides is 1. The first-order valence-electron chi connectivity index (χ1n) is 6.60. The van der Waals surface area contributed by atoms with Gasteiger partial charge < -0.3 is 10.1 Å². The lowest BCUT2D eigenvalue weighted by Crippen LogP contribution is -2.38. The molecule has 2 aromatic carbocycles. The van der Waals surface area contributed by atoms with E-state index in [1.807, 2.05) is 12.1 Å². The van der Waals surface area contributed by atoms with Gasteiger partial charge in [-0.1, -0.05) is 47.5 Å². The molecule has 1 atom stereocenters. The molecule has 4 nitrogen and oxygen atoms in total. The smallest absolute Gasteiger partial charge is 0.339 e. The number of benzene rings is 2. The Morgan fingerprint density at radius 2 is 1.91 bits per heavy atom. The highest BCUT2D eigenvalue weighted by Gasteiger charge is 2.31. The zero-order valence-electron chi connectivity index (χ0n) is 11.3. The predicted molar refractivity (Wildman–Crippen MR) is 84.4 cm³/mol. The van der Waals surface area contributed by atoms with Crippen LogP contribution in [0.1, 0.15) is 15.9 Å². The van der Waals surface area contributed by atoms with Crippen molar-refractivity contribution >= 4 is 40.8 Å². The van der Waals surface area contributed by atoms with E-state index in [0.29, 0.717) is 22.7 Å². The monoisotopic (exact) mass is 335 g/mol. The summed E-state index contributed by atoms with van der Waals surface area (Å²) in [4.78, 5) is 24.2. The van der Waals surface area contributed by atoms with Crippen LogP contribution in [0.25, 0.3) is 0 Å². The van der Waals surface area contributed by atoms with E-state index < -0.39 is 18.0 Å². The average molecular weight is 336 g/mol. The number of fused-ring (bicyclic) bond motifs is 1. The van der Waals surface area contributed by atoms with Gasteiger partial charge in [0.05, 0.1) is 21.3 Å². The third kappa shape index (κ3) is 2.80. The van der Waals surface area contributed by atoms with E-state index in [1.165, 1.54) is 0 Å². The summed E-state index contributed by atoms with van der Waals surface area (Å²) in [5, 5.41) is 3.23. The number of halogens is 2. The van der Waals surface area contributed by atoms with Gasteiger partial charge in [-0.3, -0.25) is 4.79 Å². The zero-order valence-corrected chi connectivity index (χ0v) is 12.8. The highest BCUT2D eigenvalue weighted by atomic mass is 35.5. The second kappa shape index (κ2) is 5.99. The van der Waals surface area contributed by atoms with E-state index in [-0.39, 0.29) is 5.02 Å². The molecule has 1 amide bonds. The summed E-state index contributed by atoms with van der Waals surface area (Å²) in [6.45, 7) is 0. The van der Waals surface area contributed by atoms with Crippen LogP contribution in [0.5, 0.6) is 0 Å². The Labute approximate surface area is 137 Å². The van der Waals surface area contributed by atoms with Crippen LogP contribution in [-0.2, 0) is 16.0 Å². The summed E-state index contributed by atoms with van der Waals surface area (Å²) < 4.78 is 5.19. The van der Waals surface area contributed by atoms with Gasteiger partial charge in [0.25, 0.3) is 5.91 Å². The van der Waals surface area contributed by atoms with Crippen LogP contribution in [0.15, 0.2) is 42.5 Å². The summed E-state index contributed by atoms with van der Waals surface area (Å²) in [5.41, 5.74) is 1.66. The Morgan fingerprint density at radius 1 is 1.14 bits per heavy atom. The topological polar surface area (TPSA) is 55.4 Å². The molecular formula is C16H11Cl2NO3. The first kappa shape index (κ1) is 14.9. The first-order valence-corrected chi connectivity index (χ1v) is 7.35. The van der Waals surface area contributed by atoms with Crippen molar-refractivity contribution in [2.75, 3.05) is 5.32 Å². The van der Waals surface area contributed by atoms with Crippen LogP contribution in [-0.4, -0.2) is 18.0 Å². The van der Waals surface area contributed by atoms with Gasteiger partial charge in [0, 0.05) is 6.42 Å². The van der Waals surface area contributed by atoms with Gasteiger partial charge in [0.2, 0.25) is 0 Å². The highest BCUT2D eigenvalue weighted by molar-refractivity contribution is 6.44. The van der Waals surface area contributed by atoms with Gasteiger partial charge in [0.1, 0.15) is 0 Å².